The number of rotatable bonds is 3. The molecule has 2 rings (SSSR count). The maximum absolute atomic E-state index is 13.0. The number of phenolic OH excluding ortho intramolecular Hbond substituents is 1. The van der Waals surface area contributed by atoms with Crippen LogP contribution in [-0.2, 0) is 6.54 Å². The van der Waals surface area contributed by atoms with Crippen molar-refractivity contribution in [2.75, 3.05) is 0 Å². The summed E-state index contributed by atoms with van der Waals surface area (Å²) in [5.41, 5.74) is 1.77. The third-order valence-corrected chi connectivity index (χ3v) is 2.74. The highest BCUT2D eigenvalue weighted by atomic mass is 19.1. The van der Waals surface area contributed by atoms with E-state index in [4.69, 9.17) is 0 Å². The van der Waals surface area contributed by atoms with E-state index in [0.717, 1.165) is 5.56 Å². The largest absolute Gasteiger partial charge is 0.507 e. The van der Waals surface area contributed by atoms with Crippen molar-refractivity contribution in [1.29, 1.82) is 0 Å². The summed E-state index contributed by atoms with van der Waals surface area (Å²) in [7, 11) is 0. The number of benzene rings is 2. The van der Waals surface area contributed by atoms with E-state index in [1.807, 2.05) is 6.92 Å². The van der Waals surface area contributed by atoms with Crippen LogP contribution in [0.3, 0.4) is 0 Å². The molecule has 0 atom stereocenters. The average Bonchev–Trinajstić information content (AvgIpc) is 2.39. The summed E-state index contributed by atoms with van der Waals surface area (Å²) in [4.78, 5) is 11.9. The first-order valence-corrected chi connectivity index (χ1v) is 5.88. The summed E-state index contributed by atoms with van der Waals surface area (Å²) < 4.78 is 13.0. The minimum Gasteiger partial charge on any atom is -0.507 e. The van der Waals surface area contributed by atoms with Crippen LogP contribution in [0.2, 0.25) is 0 Å². The van der Waals surface area contributed by atoms with Gasteiger partial charge in [-0.1, -0.05) is 23.8 Å². The molecule has 3 nitrogen and oxygen atoms in total. The van der Waals surface area contributed by atoms with E-state index in [-0.39, 0.29) is 29.6 Å². The molecule has 0 bridgehead atoms. The molecular formula is C15H14FNO2. The fraction of sp³-hybridized carbons (Fsp3) is 0.133. The summed E-state index contributed by atoms with van der Waals surface area (Å²) in [5, 5.41) is 12.3. The van der Waals surface area contributed by atoms with E-state index in [9.17, 15) is 14.3 Å². The van der Waals surface area contributed by atoms with Gasteiger partial charge in [0.2, 0.25) is 0 Å². The number of halogens is 1. The van der Waals surface area contributed by atoms with Gasteiger partial charge in [-0.2, -0.15) is 0 Å². The van der Waals surface area contributed by atoms with Crippen LogP contribution in [0.15, 0.2) is 42.5 Å². The van der Waals surface area contributed by atoms with Gasteiger partial charge in [-0.3, -0.25) is 4.79 Å². The predicted molar refractivity (Wildman–Crippen MR) is 70.4 cm³/mol. The Morgan fingerprint density at radius 2 is 2.05 bits per heavy atom. The van der Waals surface area contributed by atoms with Crippen LogP contribution in [-0.4, -0.2) is 11.0 Å². The third kappa shape index (κ3) is 3.31. The molecule has 2 aromatic rings. The fourth-order valence-corrected chi connectivity index (χ4v) is 1.76. The van der Waals surface area contributed by atoms with E-state index in [1.54, 1.807) is 24.3 Å². The molecule has 0 aliphatic rings. The Bertz CT molecular complexity index is 611. The summed E-state index contributed by atoms with van der Waals surface area (Å²) in [5.74, 6) is -0.794. The molecule has 0 spiro atoms. The van der Waals surface area contributed by atoms with Gasteiger partial charge in [0, 0.05) is 6.54 Å². The van der Waals surface area contributed by atoms with Gasteiger partial charge >= 0.3 is 0 Å². The zero-order valence-corrected chi connectivity index (χ0v) is 10.5. The van der Waals surface area contributed by atoms with Gasteiger partial charge in [0.25, 0.3) is 5.91 Å². The van der Waals surface area contributed by atoms with Crippen LogP contribution < -0.4 is 5.32 Å². The van der Waals surface area contributed by atoms with Crippen LogP contribution in [0.1, 0.15) is 21.5 Å². The summed E-state index contributed by atoms with van der Waals surface area (Å²) >= 11 is 0. The van der Waals surface area contributed by atoms with Crippen molar-refractivity contribution in [2.45, 2.75) is 13.5 Å². The topological polar surface area (TPSA) is 49.3 Å². The van der Waals surface area contributed by atoms with Gasteiger partial charge in [-0.25, -0.2) is 4.39 Å². The SMILES string of the molecule is Cc1ccc(O)c(C(=O)NCc2cccc(F)c2)c1. The quantitative estimate of drug-likeness (QED) is 0.890. The maximum Gasteiger partial charge on any atom is 0.255 e. The number of aryl methyl sites for hydroxylation is 1. The molecule has 0 aliphatic heterocycles. The molecular weight excluding hydrogens is 245 g/mol. The number of carbonyl (C=O) groups is 1. The van der Waals surface area contributed by atoms with Crippen molar-refractivity contribution in [2.24, 2.45) is 0 Å². The van der Waals surface area contributed by atoms with E-state index in [2.05, 4.69) is 5.32 Å². The Labute approximate surface area is 110 Å². The molecule has 19 heavy (non-hydrogen) atoms. The lowest BCUT2D eigenvalue weighted by Gasteiger charge is -2.08. The van der Waals surface area contributed by atoms with E-state index < -0.39 is 0 Å². The van der Waals surface area contributed by atoms with Crippen molar-refractivity contribution < 1.29 is 14.3 Å². The van der Waals surface area contributed by atoms with Crippen molar-refractivity contribution >= 4 is 5.91 Å². The summed E-state index contributed by atoms with van der Waals surface area (Å²) in [6.45, 7) is 2.05. The Balaban J connectivity index is 2.07. The molecule has 1 amide bonds. The standard InChI is InChI=1S/C15H14FNO2/c1-10-5-6-14(18)13(7-10)15(19)17-9-11-3-2-4-12(16)8-11/h2-8,18H,9H2,1H3,(H,17,19). The lowest BCUT2D eigenvalue weighted by molar-refractivity contribution is 0.0948. The molecule has 0 aliphatic carbocycles. The van der Waals surface area contributed by atoms with Gasteiger partial charge in [0.1, 0.15) is 11.6 Å². The zero-order chi connectivity index (χ0) is 13.8. The first-order valence-electron chi connectivity index (χ1n) is 5.88. The van der Waals surface area contributed by atoms with Gasteiger partial charge in [-0.05, 0) is 36.8 Å². The number of phenols is 1. The monoisotopic (exact) mass is 259 g/mol. The van der Waals surface area contributed by atoms with Crippen LogP contribution in [0.25, 0.3) is 0 Å². The molecule has 0 heterocycles. The smallest absolute Gasteiger partial charge is 0.255 e. The van der Waals surface area contributed by atoms with Gasteiger partial charge < -0.3 is 10.4 Å². The van der Waals surface area contributed by atoms with Crippen molar-refractivity contribution in [3.63, 3.8) is 0 Å². The lowest BCUT2D eigenvalue weighted by Crippen LogP contribution is -2.23. The average molecular weight is 259 g/mol. The number of hydrogen-bond donors (Lipinski definition) is 2. The van der Waals surface area contributed by atoms with Crippen LogP contribution in [0.5, 0.6) is 5.75 Å². The zero-order valence-electron chi connectivity index (χ0n) is 10.5. The van der Waals surface area contributed by atoms with Crippen LogP contribution >= 0.6 is 0 Å². The van der Waals surface area contributed by atoms with Crippen LogP contribution in [0, 0.1) is 12.7 Å². The molecule has 0 saturated heterocycles. The van der Waals surface area contributed by atoms with Gasteiger partial charge in [0.05, 0.1) is 5.56 Å². The lowest BCUT2D eigenvalue weighted by atomic mass is 10.1. The fourth-order valence-electron chi connectivity index (χ4n) is 1.76. The van der Waals surface area contributed by atoms with E-state index in [1.165, 1.54) is 18.2 Å². The summed E-state index contributed by atoms with van der Waals surface area (Å²) in [6, 6.07) is 10.8. The van der Waals surface area contributed by atoms with E-state index in [0.29, 0.717) is 5.56 Å². The van der Waals surface area contributed by atoms with E-state index >= 15 is 0 Å². The van der Waals surface area contributed by atoms with Crippen molar-refractivity contribution in [3.8, 4) is 5.75 Å². The molecule has 2 aromatic carbocycles. The first-order chi connectivity index (χ1) is 9.06. The Kier molecular flexibility index (Phi) is 3.80. The van der Waals surface area contributed by atoms with Crippen molar-refractivity contribution in [3.05, 3.63) is 65.0 Å². The van der Waals surface area contributed by atoms with Crippen LogP contribution in [0.4, 0.5) is 4.39 Å². The second kappa shape index (κ2) is 5.52. The molecule has 0 saturated carbocycles. The molecule has 0 radical (unpaired) electrons. The molecule has 0 fully saturated rings. The predicted octanol–water partition coefficient (Wildman–Crippen LogP) is 2.77. The third-order valence-electron chi connectivity index (χ3n) is 2.74. The molecule has 4 heteroatoms. The highest BCUT2D eigenvalue weighted by molar-refractivity contribution is 5.96. The Hall–Kier alpha value is -2.36. The maximum atomic E-state index is 13.0. The molecule has 0 unspecified atom stereocenters. The molecule has 0 aromatic heterocycles. The second-order valence-electron chi connectivity index (χ2n) is 4.33. The van der Waals surface area contributed by atoms with Gasteiger partial charge in [0.15, 0.2) is 0 Å². The molecule has 2 N–H and O–H groups in total. The number of hydrogen-bond acceptors (Lipinski definition) is 2. The normalized spacial score (nSPS) is 10.2. The minimum absolute atomic E-state index is 0.0673. The first kappa shape index (κ1) is 13.1. The van der Waals surface area contributed by atoms with Crippen molar-refractivity contribution in [1.82, 2.24) is 5.32 Å². The van der Waals surface area contributed by atoms with Gasteiger partial charge in [-0.15, -0.1) is 0 Å². The second-order valence-corrected chi connectivity index (χ2v) is 4.33. The number of carbonyl (C=O) groups excluding carboxylic acids is 1. The highest BCUT2D eigenvalue weighted by Crippen LogP contribution is 2.18. The Morgan fingerprint density at radius 1 is 1.26 bits per heavy atom. The molecule has 98 valence electrons. The number of amides is 1. The minimum atomic E-state index is -0.384. The number of nitrogens with one attached hydrogen (secondary N) is 1. The summed E-state index contributed by atoms with van der Waals surface area (Å²) in [6.07, 6.45) is 0. The number of aromatic hydroxyl groups is 1. The Morgan fingerprint density at radius 3 is 2.79 bits per heavy atom. The highest BCUT2D eigenvalue weighted by Gasteiger charge is 2.10.